The highest BCUT2D eigenvalue weighted by molar-refractivity contribution is 8.00. The minimum absolute atomic E-state index is 0.278. The Labute approximate surface area is 163 Å². The van der Waals surface area contributed by atoms with Gasteiger partial charge in [-0.25, -0.2) is 0 Å². The summed E-state index contributed by atoms with van der Waals surface area (Å²) in [5, 5.41) is 17.1. The molecule has 2 aromatic heterocycles. The smallest absolute Gasteiger partial charge is 0.257 e. The van der Waals surface area contributed by atoms with E-state index in [1.165, 1.54) is 23.1 Å². The van der Waals surface area contributed by atoms with E-state index in [1.54, 1.807) is 12.1 Å². The molecule has 0 amide bonds. The number of hydrogen-bond acceptors (Lipinski definition) is 9. The van der Waals surface area contributed by atoms with Crippen LogP contribution in [0.2, 0.25) is 5.02 Å². The van der Waals surface area contributed by atoms with Crippen LogP contribution in [0.25, 0.3) is 11.5 Å². The van der Waals surface area contributed by atoms with E-state index in [1.807, 2.05) is 12.1 Å². The maximum absolute atomic E-state index is 5.89. The molecule has 1 N–H and O–H groups in total. The van der Waals surface area contributed by atoms with Crippen LogP contribution in [0.1, 0.15) is 18.7 Å². The maximum atomic E-state index is 5.89. The first-order chi connectivity index (χ1) is 12.8. The minimum Gasteiger partial charge on any atom is -0.376 e. The minimum atomic E-state index is 0.278. The van der Waals surface area contributed by atoms with Crippen molar-refractivity contribution in [1.29, 1.82) is 0 Å². The Hall–Kier alpha value is -1.68. The van der Waals surface area contributed by atoms with Crippen LogP contribution in [0.4, 0.5) is 5.13 Å². The summed E-state index contributed by atoms with van der Waals surface area (Å²) in [4.78, 5) is 4.40. The molecule has 1 aliphatic heterocycles. The number of nitrogens with zero attached hydrogens (tertiary/aromatic N) is 4. The van der Waals surface area contributed by atoms with Crippen LogP contribution < -0.4 is 5.32 Å². The second kappa shape index (κ2) is 8.34. The van der Waals surface area contributed by atoms with E-state index in [-0.39, 0.29) is 6.10 Å². The van der Waals surface area contributed by atoms with Gasteiger partial charge in [0, 0.05) is 23.7 Å². The van der Waals surface area contributed by atoms with Gasteiger partial charge in [-0.05, 0) is 37.1 Å². The molecule has 26 heavy (non-hydrogen) atoms. The molecule has 3 heterocycles. The van der Waals surface area contributed by atoms with E-state index in [4.69, 9.17) is 20.9 Å². The van der Waals surface area contributed by atoms with Crippen LogP contribution in [0.5, 0.6) is 0 Å². The van der Waals surface area contributed by atoms with Crippen molar-refractivity contribution in [3.63, 3.8) is 0 Å². The summed E-state index contributed by atoms with van der Waals surface area (Å²) in [6.07, 6.45) is 2.51. The Bertz CT molecular complexity index is 848. The van der Waals surface area contributed by atoms with E-state index < -0.39 is 0 Å². The fourth-order valence-corrected chi connectivity index (χ4v) is 4.22. The lowest BCUT2D eigenvalue weighted by Gasteiger charge is -2.08. The van der Waals surface area contributed by atoms with E-state index in [0.717, 1.165) is 41.0 Å². The number of anilines is 1. The zero-order chi connectivity index (χ0) is 17.8. The number of rotatable bonds is 7. The lowest BCUT2D eigenvalue weighted by molar-refractivity contribution is 0.120. The van der Waals surface area contributed by atoms with Gasteiger partial charge in [0.25, 0.3) is 5.89 Å². The molecular weight excluding hydrogens is 394 g/mol. The van der Waals surface area contributed by atoms with Crippen LogP contribution in [0.3, 0.4) is 0 Å². The first kappa shape index (κ1) is 17.7. The standard InChI is InChI=1S/C16H16ClN5O2S2/c17-11-5-3-10(4-6-11)14-19-13(22-24-14)9-25-16-21-20-15(26-16)18-8-12-2-1-7-23-12/h3-6,12H,1-2,7-9H2,(H,18,20)/t12-/m1/s1. The molecule has 136 valence electrons. The SMILES string of the molecule is Clc1ccc(-c2nc(CSc3nnc(NC[C@H]4CCCO4)s3)no2)cc1. The summed E-state index contributed by atoms with van der Waals surface area (Å²) >= 11 is 8.93. The quantitative estimate of drug-likeness (QED) is 0.583. The predicted octanol–water partition coefficient (Wildman–Crippen LogP) is 4.12. The Morgan fingerprint density at radius 3 is 2.96 bits per heavy atom. The molecule has 0 radical (unpaired) electrons. The average molecular weight is 410 g/mol. The van der Waals surface area contributed by atoms with Gasteiger partial charge in [0.2, 0.25) is 5.13 Å². The Balaban J connectivity index is 1.29. The fraction of sp³-hybridized carbons (Fsp3) is 0.375. The predicted molar refractivity (Wildman–Crippen MR) is 102 cm³/mol. The molecule has 4 rings (SSSR count). The van der Waals surface area contributed by atoms with Gasteiger partial charge in [0.05, 0.1) is 11.9 Å². The molecule has 10 heteroatoms. The van der Waals surface area contributed by atoms with Crippen molar-refractivity contribution in [2.45, 2.75) is 29.0 Å². The lowest BCUT2D eigenvalue weighted by Crippen LogP contribution is -2.18. The van der Waals surface area contributed by atoms with Crippen molar-refractivity contribution in [2.24, 2.45) is 0 Å². The van der Waals surface area contributed by atoms with Crippen molar-refractivity contribution in [3.05, 3.63) is 35.1 Å². The van der Waals surface area contributed by atoms with Gasteiger partial charge in [-0.2, -0.15) is 4.98 Å². The number of benzene rings is 1. The third kappa shape index (κ3) is 4.53. The first-order valence-electron chi connectivity index (χ1n) is 8.16. The molecule has 1 atom stereocenters. The van der Waals surface area contributed by atoms with Crippen LogP contribution in [-0.2, 0) is 10.5 Å². The molecule has 3 aromatic rings. The first-order valence-corrected chi connectivity index (χ1v) is 10.3. The number of hydrogen-bond donors (Lipinski definition) is 1. The van der Waals surface area contributed by atoms with E-state index in [0.29, 0.717) is 22.5 Å². The van der Waals surface area contributed by atoms with Gasteiger partial charge < -0.3 is 14.6 Å². The summed E-state index contributed by atoms with van der Waals surface area (Å²) in [6.45, 7) is 1.63. The van der Waals surface area contributed by atoms with E-state index in [9.17, 15) is 0 Å². The molecule has 0 unspecified atom stereocenters. The summed E-state index contributed by atoms with van der Waals surface area (Å²) in [6, 6.07) is 7.29. The zero-order valence-corrected chi connectivity index (χ0v) is 16.1. The lowest BCUT2D eigenvalue weighted by atomic mass is 10.2. The van der Waals surface area contributed by atoms with Crippen LogP contribution >= 0.6 is 34.7 Å². The van der Waals surface area contributed by atoms with Gasteiger partial charge in [-0.3, -0.25) is 0 Å². The third-order valence-electron chi connectivity index (χ3n) is 3.80. The van der Waals surface area contributed by atoms with Gasteiger partial charge in [-0.15, -0.1) is 10.2 Å². The maximum Gasteiger partial charge on any atom is 0.257 e. The summed E-state index contributed by atoms with van der Waals surface area (Å²) in [7, 11) is 0. The number of halogens is 1. The van der Waals surface area contributed by atoms with Crippen molar-refractivity contribution in [1.82, 2.24) is 20.3 Å². The molecule has 0 aliphatic carbocycles. The molecule has 0 bridgehead atoms. The third-order valence-corrected chi connectivity index (χ3v) is 6.06. The molecular formula is C16H16ClN5O2S2. The summed E-state index contributed by atoms with van der Waals surface area (Å²) in [5.41, 5.74) is 0.842. The zero-order valence-electron chi connectivity index (χ0n) is 13.7. The van der Waals surface area contributed by atoms with E-state index in [2.05, 4.69) is 25.7 Å². The van der Waals surface area contributed by atoms with Crippen LogP contribution in [0, 0.1) is 0 Å². The molecule has 1 saturated heterocycles. The monoisotopic (exact) mass is 409 g/mol. The van der Waals surface area contributed by atoms with Crippen LogP contribution in [-0.4, -0.2) is 39.6 Å². The van der Waals surface area contributed by atoms with Gasteiger partial charge in [0.1, 0.15) is 0 Å². The molecule has 1 fully saturated rings. The Morgan fingerprint density at radius 2 is 2.15 bits per heavy atom. The van der Waals surface area contributed by atoms with Gasteiger partial charge in [0.15, 0.2) is 10.2 Å². The Morgan fingerprint density at radius 1 is 1.27 bits per heavy atom. The number of ether oxygens (including phenoxy) is 1. The number of thioether (sulfide) groups is 1. The normalized spacial score (nSPS) is 16.9. The highest BCUT2D eigenvalue weighted by atomic mass is 35.5. The topological polar surface area (TPSA) is 86.0 Å². The largest absolute Gasteiger partial charge is 0.376 e. The van der Waals surface area contributed by atoms with Gasteiger partial charge in [-0.1, -0.05) is 39.9 Å². The molecule has 1 aliphatic rings. The van der Waals surface area contributed by atoms with Crippen molar-refractivity contribution >= 4 is 39.8 Å². The Kier molecular flexibility index (Phi) is 5.68. The van der Waals surface area contributed by atoms with Crippen molar-refractivity contribution in [2.75, 3.05) is 18.5 Å². The van der Waals surface area contributed by atoms with Crippen molar-refractivity contribution < 1.29 is 9.26 Å². The fourth-order valence-electron chi connectivity index (χ4n) is 2.49. The van der Waals surface area contributed by atoms with Gasteiger partial charge >= 0.3 is 0 Å². The average Bonchev–Trinajstić information content (AvgIpc) is 3.40. The highest BCUT2D eigenvalue weighted by Gasteiger charge is 2.16. The summed E-state index contributed by atoms with van der Waals surface area (Å²) < 4.78 is 11.7. The molecule has 0 saturated carbocycles. The highest BCUT2D eigenvalue weighted by Crippen LogP contribution is 2.28. The van der Waals surface area contributed by atoms with E-state index >= 15 is 0 Å². The molecule has 7 nitrogen and oxygen atoms in total. The summed E-state index contributed by atoms with van der Waals surface area (Å²) in [5.74, 6) is 1.66. The molecule has 1 aromatic carbocycles. The second-order valence-electron chi connectivity index (χ2n) is 5.70. The number of nitrogens with one attached hydrogen (secondary N) is 1. The van der Waals surface area contributed by atoms with Crippen LogP contribution in [0.15, 0.2) is 33.1 Å². The second-order valence-corrected chi connectivity index (χ2v) is 8.34. The number of aromatic nitrogens is 4. The van der Waals surface area contributed by atoms with Crippen molar-refractivity contribution in [3.8, 4) is 11.5 Å². The molecule has 0 spiro atoms.